The highest BCUT2D eigenvalue weighted by Gasteiger charge is 2.14. The largest absolute Gasteiger partial charge is 0.496 e. The first kappa shape index (κ1) is 15.2. The third-order valence-corrected chi connectivity index (χ3v) is 4.04. The van der Waals surface area contributed by atoms with E-state index in [1.54, 1.807) is 14.2 Å². The summed E-state index contributed by atoms with van der Waals surface area (Å²) in [6.45, 7) is 0. The van der Waals surface area contributed by atoms with Crippen molar-refractivity contribution in [1.82, 2.24) is 0 Å². The summed E-state index contributed by atoms with van der Waals surface area (Å²) in [4.78, 5) is 2.02. The number of fused-ring (bicyclic) bond motifs is 1. The molecule has 0 spiro atoms. The zero-order valence-electron chi connectivity index (χ0n) is 14.0. The normalized spacial score (nSPS) is 14.0. The lowest BCUT2D eigenvalue weighted by atomic mass is 10.0. The topological polar surface area (TPSA) is 21.7 Å². The maximum atomic E-state index is 5.58. The molecule has 0 amide bonds. The molecule has 118 valence electrons. The molecule has 2 aromatic rings. The molecular formula is C20H21NO2. The summed E-state index contributed by atoms with van der Waals surface area (Å²) in [5.41, 5.74) is 5.67. The van der Waals surface area contributed by atoms with Gasteiger partial charge in [0.2, 0.25) is 0 Å². The molecule has 1 aliphatic rings. The number of nitrogens with zero attached hydrogens (tertiary/aromatic N) is 1. The van der Waals surface area contributed by atoms with Gasteiger partial charge in [0, 0.05) is 25.7 Å². The third kappa shape index (κ3) is 2.82. The van der Waals surface area contributed by atoms with Crippen LogP contribution in [0, 0.1) is 0 Å². The van der Waals surface area contributed by atoms with Crippen LogP contribution in [0.4, 0.5) is 5.69 Å². The van der Waals surface area contributed by atoms with Crippen molar-refractivity contribution in [3.05, 3.63) is 59.2 Å². The van der Waals surface area contributed by atoms with Gasteiger partial charge in [-0.25, -0.2) is 0 Å². The molecule has 0 saturated heterocycles. The fraction of sp³-hybridized carbons (Fsp3) is 0.200. The van der Waals surface area contributed by atoms with Crippen LogP contribution >= 0.6 is 0 Å². The van der Waals surface area contributed by atoms with Gasteiger partial charge in [-0.05, 0) is 28.8 Å². The lowest BCUT2D eigenvalue weighted by molar-refractivity contribution is 0.403. The highest BCUT2D eigenvalue weighted by Crippen LogP contribution is 2.38. The number of hydrogen-bond donors (Lipinski definition) is 0. The predicted octanol–water partition coefficient (Wildman–Crippen LogP) is 4.34. The Kier molecular flexibility index (Phi) is 4.11. The summed E-state index contributed by atoms with van der Waals surface area (Å²) in [6, 6.07) is 12.4. The van der Waals surface area contributed by atoms with Gasteiger partial charge in [0.15, 0.2) is 0 Å². The molecule has 3 rings (SSSR count). The minimum atomic E-state index is 0.831. The number of rotatable bonds is 4. The maximum absolute atomic E-state index is 5.58. The van der Waals surface area contributed by atoms with Crippen LogP contribution in [0.5, 0.6) is 11.5 Å². The van der Waals surface area contributed by atoms with Crippen molar-refractivity contribution in [3.8, 4) is 11.5 Å². The molecule has 0 aromatic heterocycles. The number of allylic oxidation sites excluding steroid dienone is 2. The van der Waals surface area contributed by atoms with Gasteiger partial charge >= 0.3 is 0 Å². The average molecular weight is 307 g/mol. The van der Waals surface area contributed by atoms with Crippen molar-refractivity contribution in [3.63, 3.8) is 0 Å². The minimum absolute atomic E-state index is 0.831. The molecular weight excluding hydrogens is 286 g/mol. The number of methoxy groups -OCH3 is 2. The van der Waals surface area contributed by atoms with Gasteiger partial charge < -0.3 is 14.4 Å². The van der Waals surface area contributed by atoms with Crippen LogP contribution in [0.3, 0.4) is 0 Å². The van der Waals surface area contributed by atoms with E-state index < -0.39 is 0 Å². The molecule has 0 saturated carbocycles. The summed E-state index contributed by atoms with van der Waals surface area (Å²) < 4.78 is 11.1. The Morgan fingerprint density at radius 3 is 2.35 bits per heavy atom. The van der Waals surface area contributed by atoms with Crippen molar-refractivity contribution in [2.75, 3.05) is 33.2 Å². The van der Waals surface area contributed by atoms with Crippen LogP contribution in [0.25, 0.3) is 17.7 Å². The molecule has 0 radical (unpaired) electrons. The Morgan fingerprint density at radius 1 is 0.913 bits per heavy atom. The van der Waals surface area contributed by atoms with Crippen LogP contribution in [-0.4, -0.2) is 28.3 Å². The SMILES string of the molecule is COc1cc(N(C)C)c(OC)cc1/C=C1\C=Cc2ccccc21. The molecule has 3 heteroatoms. The molecule has 3 nitrogen and oxygen atoms in total. The Morgan fingerprint density at radius 2 is 1.65 bits per heavy atom. The van der Waals surface area contributed by atoms with Crippen molar-refractivity contribution < 1.29 is 9.47 Å². The second-order valence-corrected chi connectivity index (χ2v) is 5.68. The van der Waals surface area contributed by atoms with E-state index in [1.807, 2.05) is 31.1 Å². The summed E-state index contributed by atoms with van der Waals surface area (Å²) in [5.74, 6) is 1.66. The standard InChI is InChI=1S/C20H21NO2/c1-21(2)18-13-19(22-3)16(12-20(18)23-4)11-15-10-9-14-7-5-6-8-17(14)15/h5-13H,1-4H3/b15-11+. The summed E-state index contributed by atoms with van der Waals surface area (Å²) >= 11 is 0. The molecule has 0 fully saturated rings. The Bertz CT molecular complexity index is 788. The van der Waals surface area contributed by atoms with E-state index in [0.717, 1.165) is 22.7 Å². The smallest absolute Gasteiger partial charge is 0.143 e. The van der Waals surface area contributed by atoms with Gasteiger partial charge in [-0.2, -0.15) is 0 Å². The van der Waals surface area contributed by atoms with Gasteiger partial charge in [-0.1, -0.05) is 36.4 Å². The molecule has 2 aromatic carbocycles. The van der Waals surface area contributed by atoms with E-state index >= 15 is 0 Å². The highest BCUT2D eigenvalue weighted by molar-refractivity contribution is 5.98. The van der Waals surface area contributed by atoms with E-state index in [-0.39, 0.29) is 0 Å². The number of anilines is 1. The van der Waals surface area contributed by atoms with Crippen LogP contribution in [0.2, 0.25) is 0 Å². The molecule has 0 unspecified atom stereocenters. The van der Waals surface area contributed by atoms with Crippen molar-refractivity contribution >= 4 is 23.4 Å². The fourth-order valence-corrected chi connectivity index (χ4v) is 2.84. The van der Waals surface area contributed by atoms with E-state index in [1.165, 1.54) is 16.7 Å². The molecule has 1 aliphatic carbocycles. The Balaban J connectivity index is 2.10. The van der Waals surface area contributed by atoms with Gasteiger partial charge in [-0.3, -0.25) is 0 Å². The fourth-order valence-electron chi connectivity index (χ4n) is 2.84. The first-order chi connectivity index (χ1) is 11.1. The van der Waals surface area contributed by atoms with Crippen molar-refractivity contribution in [2.24, 2.45) is 0 Å². The first-order valence-electron chi connectivity index (χ1n) is 7.56. The quantitative estimate of drug-likeness (QED) is 0.839. The second kappa shape index (κ2) is 6.21. The number of benzene rings is 2. The molecule has 0 bridgehead atoms. The Labute approximate surface area is 137 Å². The number of hydrogen-bond acceptors (Lipinski definition) is 3. The monoisotopic (exact) mass is 307 g/mol. The second-order valence-electron chi connectivity index (χ2n) is 5.68. The molecule has 0 atom stereocenters. The lowest BCUT2D eigenvalue weighted by Gasteiger charge is -2.19. The van der Waals surface area contributed by atoms with E-state index in [2.05, 4.69) is 42.5 Å². The van der Waals surface area contributed by atoms with Crippen LogP contribution in [0.1, 0.15) is 16.7 Å². The summed E-state index contributed by atoms with van der Waals surface area (Å²) in [5, 5.41) is 0. The molecule has 0 N–H and O–H groups in total. The van der Waals surface area contributed by atoms with Crippen LogP contribution in [-0.2, 0) is 0 Å². The van der Waals surface area contributed by atoms with E-state index in [0.29, 0.717) is 0 Å². The van der Waals surface area contributed by atoms with E-state index in [9.17, 15) is 0 Å². The van der Waals surface area contributed by atoms with Gasteiger partial charge in [-0.15, -0.1) is 0 Å². The van der Waals surface area contributed by atoms with Crippen LogP contribution < -0.4 is 14.4 Å². The first-order valence-corrected chi connectivity index (χ1v) is 7.56. The van der Waals surface area contributed by atoms with Crippen molar-refractivity contribution in [2.45, 2.75) is 0 Å². The summed E-state index contributed by atoms with van der Waals surface area (Å²) in [7, 11) is 7.37. The number of ether oxygens (including phenoxy) is 2. The van der Waals surface area contributed by atoms with Gasteiger partial charge in [0.1, 0.15) is 11.5 Å². The van der Waals surface area contributed by atoms with Gasteiger partial charge in [0.25, 0.3) is 0 Å². The van der Waals surface area contributed by atoms with Crippen LogP contribution in [0.15, 0.2) is 42.5 Å². The molecule has 23 heavy (non-hydrogen) atoms. The third-order valence-electron chi connectivity index (χ3n) is 4.04. The lowest BCUT2D eigenvalue weighted by Crippen LogP contribution is -2.10. The van der Waals surface area contributed by atoms with E-state index in [4.69, 9.17) is 9.47 Å². The average Bonchev–Trinajstić information content (AvgIpc) is 2.97. The molecule has 0 aliphatic heterocycles. The summed E-state index contributed by atoms with van der Waals surface area (Å²) in [6.07, 6.45) is 6.42. The maximum Gasteiger partial charge on any atom is 0.143 e. The zero-order valence-corrected chi connectivity index (χ0v) is 14.0. The zero-order chi connectivity index (χ0) is 16.4. The predicted molar refractivity (Wildman–Crippen MR) is 97.2 cm³/mol. The minimum Gasteiger partial charge on any atom is -0.496 e. The molecule has 0 heterocycles. The highest BCUT2D eigenvalue weighted by atomic mass is 16.5. The van der Waals surface area contributed by atoms with Gasteiger partial charge in [0.05, 0.1) is 19.9 Å². The Hall–Kier alpha value is -2.68. The van der Waals surface area contributed by atoms with Crippen molar-refractivity contribution in [1.29, 1.82) is 0 Å².